The lowest BCUT2D eigenvalue weighted by Crippen LogP contribution is -2.24. The van der Waals surface area contributed by atoms with Gasteiger partial charge in [0.1, 0.15) is 6.10 Å². The summed E-state index contributed by atoms with van der Waals surface area (Å²) < 4.78 is 14.8. The second-order valence-corrected chi connectivity index (χ2v) is 4.37. The van der Waals surface area contributed by atoms with E-state index in [4.69, 9.17) is 14.2 Å². The summed E-state index contributed by atoms with van der Waals surface area (Å²) in [6.45, 7) is 0. The maximum atomic E-state index is 12.0. The molecule has 110 valence electrons. The molecule has 5 heteroatoms. The highest BCUT2D eigenvalue weighted by molar-refractivity contribution is 6.21. The molecule has 1 aromatic carbocycles. The number of hydrogen-bond donors (Lipinski definition) is 0. The molecular formula is C16H16O5. The van der Waals surface area contributed by atoms with E-state index in [2.05, 4.69) is 0 Å². The van der Waals surface area contributed by atoms with Gasteiger partial charge in [0.15, 0.2) is 5.57 Å². The van der Waals surface area contributed by atoms with Crippen LogP contribution in [0.15, 0.2) is 35.9 Å². The molecule has 0 heterocycles. The van der Waals surface area contributed by atoms with E-state index in [0.717, 1.165) is 11.1 Å². The summed E-state index contributed by atoms with van der Waals surface area (Å²) in [6.07, 6.45) is 3.15. The Kier molecular flexibility index (Phi) is 4.55. The van der Waals surface area contributed by atoms with E-state index < -0.39 is 18.0 Å². The highest BCUT2D eigenvalue weighted by atomic mass is 16.5. The van der Waals surface area contributed by atoms with Crippen LogP contribution in [0, 0.1) is 0 Å². The quantitative estimate of drug-likeness (QED) is 0.367. The molecule has 0 saturated heterocycles. The van der Waals surface area contributed by atoms with Crippen LogP contribution in [0.4, 0.5) is 0 Å². The number of carbonyl (C=O) groups excluding carboxylic acids is 2. The van der Waals surface area contributed by atoms with Crippen LogP contribution < -0.4 is 0 Å². The summed E-state index contributed by atoms with van der Waals surface area (Å²) in [5.41, 5.74) is 1.95. The van der Waals surface area contributed by atoms with Crippen LogP contribution in [0.5, 0.6) is 0 Å². The molecule has 0 radical (unpaired) electrons. The molecular weight excluding hydrogens is 272 g/mol. The topological polar surface area (TPSA) is 61.8 Å². The zero-order chi connectivity index (χ0) is 15.4. The third-order valence-electron chi connectivity index (χ3n) is 3.29. The monoisotopic (exact) mass is 288 g/mol. The normalized spacial score (nSPS) is 16.1. The van der Waals surface area contributed by atoms with Crippen molar-refractivity contribution in [3.63, 3.8) is 0 Å². The Morgan fingerprint density at radius 2 is 1.62 bits per heavy atom. The molecule has 0 saturated carbocycles. The first-order valence-electron chi connectivity index (χ1n) is 6.35. The Balaban J connectivity index is 2.74. The van der Waals surface area contributed by atoms with Gasteiger partial charge in [0, 0.05) is 12.7 Å². The lowest BCUT2D eigenvalue weighted by molar-refractivity contribution is -0.144. The molecule has 0 bridgehead atoms. The second kappa shape index (κ2) is 6.37. The Morgan fingerprint density at radius 1 is 1.00 bits per heavy atom. The zero-order valence-electron chi connectivity index (χ0n) is 12.1. The Labute approximate surface area is 122 Å². The van der Waals surface area contributed by atoms with E-state index in [9.17, 15) is 9.59 Å². The first kappa shape index (κ1) is 15.0. The fourth-order valence-electron chi connectivity index (χ4n) is 2.31. The van der Waals surface area contributed by atoms with Crippen molar-refractivity contribution in [2.45, 2.75) is 6.10 Å². The number of carbonyl (C=O) groups is 2. The number of hydrogen-bond acceptors (Lipinski definition) is 5. The van der Waals surface area contributed by atoms with Gasteiger partial charge in [-0.1, -0.05) is 36.4 Å². The molecule has 0 amide bonds. The first-order chi connectivity index (χ1) is 10.1. The van der Waals surface area contributed by atoms with Crippen LogP contribution in [0.2, 0.25) is 0 Å². The minimum absolute atomic E-state index is 0.149. The number of fused-ring (bicyclic) bond motifs is 1. The van der Waals surface area contributed by atoms with Gasteiger partial charge in [-0.2, -0.15) is 0 Å². The average molecular weight is 288 g/mol. The molecule has 0 fully saturated rings. The highest BCUT2D eigenvalue weighted by Gasteiger charge is 2.31. The molecule has 0 aromatic heterocycles. The minimum atomic E-state index is -0.746. The first-order valence-corrected chi connectivity index (χ1v) is 6.35. The molecule has 2 rings (SSSR count). The maximum absolute atomic E-state index is 12.0. The van der Waals surface area contributed by atoms with Gasteiger partial charge in [0.05, 0.1) is 14.2 Å². The molecule has 0 aliphatic heterocycles. The molecule has 21 heavy (non-hydrogen) atoms. The number of methoxy groups -OCH3 is 3. The fraction of sp³-hybridized carbons (Fsp3) is 0.250. The third-order valence-corrected chi connectivity index (χ3v) is 3.29. The van der Waals surface area contributed by atoms with Gasteiger partial charge in [-0.3, -0.25) is 0 Å². The minimum Gasteiger partial charge on any atom is -0.465 e. The maximum Gasteiger partial charge on any atom is 0.345 e. The van der Waals surface area contributed by atoms with Gasteiger partial charge in [-0.15, -0.1) is 0 Å². The predicted octanol–water partition coefficient (Wildman–Crippen LogP) is 1.83. The van der Waals surface area contributed by atoms with Gasteiger partial charge >= 0.3 is 11.9 Å². The Bertz CT molecular complexity index is 609. The fourth-order valence-corrected chi connectivity index (χ4v) is 2.31. The van der Waals surface area contributed by atoms with Crippen LogP contribution in [-0.4, -0.2) is 39.4 Å². The van der Waals surface area contributed by atoms with Crippen molar-refractivity contribution < 1.29 is 23.8 Å². The van der Waals surface area contributed by atoms with Gasteiger partial charge < -0.3 is 14.2 Å². The van der Waals surface area contributed by atoms with Crippen molar-refractivity contribution in [3.05, 3.63) is 47.0 Å². The SMILES string of the molecule is COC(=O)C(C(=O)OC)=C1c2ccccc2C=CC1OC. The molecule has 1 atom stereocenters. The Morgan fingerprint density at radius 3 is 2.19 bits per heavy atom. The van der Waals surface area contributed by atoms with Crippen LogP contribution in [0.3, 0.4) is 0 Å². The molecule has 5 nitrogen and oxygen atoms in total. The van der Waals surface area contributed by atoms with Crippen LogP contribution in [-0.2, 0) is 23.8 Å². The predicted molar refractivity (Wildman–Crippen MR) is 77.2 cm³/mol. The molecule has 0 spiro atoms. The summed E-state index contributed by atoms with van der Waals surface area (Å²) in [5.74, 6) is -1.49. The van der Waals surface area contributed by atoms with Crippen LogP contribution in [0.25, 0.3) is 11.6 Å². The lowest BCUT2D eigenvalue weighted by Gasteiger charge is -2.24. The van der Waals surface area contributed by atoms with Crippen molar-refractivity contribution in [2.75, 3.05) is 21.3 Å². The highest BCUT2D eigenvalue weighted by Crippen LogP contribution is 2.33. The van der Waals surface area contributed by atoms with Gasteiger partial charge in [0.2, 0.25) is 0 Å². The summed E-state index contributed by atoms with van der Waals surface area (Å²) in [5, 5.41) is 0. The van der Waals surface area contributed by atoms with E-state index in [1.807, 2.05) is 30.3 Å². The molecule has 1 aliphatic carbocycles. The summed E-state index contributed by atoms with van der Waals surface area (Å²) in [4.78, 5) is 24.0. The van der Waals surface area contributed by atoms with Gasteiger partial charge in [-0.25, -0.2) is 9.59 Å². The van der Waals surface area contributed by atoms with Crippen LogP contribution >= 0.6 is 0 Å². The van der Waals surface area contributed by atoms with Crippen molar-refractivity contribution in [2.24, 2.45) is 0 Å². The third kappa shape index (κ3) is 2.73. The van der Waals surface area contributed by atoms with E-state index in [1.54, 1.807) is 6.08 Å². The average Bonchev–Trinajstić information content (AvgIpc) is 2.54. The zero-order valence-corrected chi connectivity index (χ0v) is 12.1. The van der Waals surface area contributed by atoms with Crippen molar-refractivity contribution in [1.82, 2.24) is 0 Å². The molecule has 1 aromatic rings. The Hall–Kier alpha value is -2.40. The molecule has 1 unspecified atom stereocenters. The number of esters is 2. The smallest absolute Gasteiger partial charge is 0.345 e. The van der Waals surface area contributed by atoms with E-state index in [1.165, 1.54) is 21.3 Å². The standard InChI is InChI=1S/C16H16O5/c1-19-12-9-8-10-6-4-5-7-11(10)13(12)14(15(17)20-2)16(18)21-3/h4-9,12H,1-3H3. The summed E-state index contributed by atoms with van der Waals surface area (Å²) in [7, 11) is 3.95. The number of ether oxygens (including phenoxy) is 3. The van der Waals surface area contributed by atoms with Crippen molar-refractivity contribution in [3.8, 4) is 0 Å². The summed E-state index contributed by atoms with van der Waals surface area (Å²) in [6, 6.07) is 7.43. The second-order valence-electron chi connectivity index (χ2n) is 4.37. The van der Waals surface area contributed by atoms with Crippen molar-refractivity contribution >= 4 is 23.6 Å². The lowest BCUT2D eigenvalue weighted by atomic mass is 9.87. The van der Waals surface area contributed by atoms with E-state index >= 15 is 0 Å². The van der Waals surface area contributed by atoms with E-state index in [0.29, 0.717) is 5.57 Å². The largest absolute Gasteiger partial charge is 0.465 e. The summed E-state index contributed by atoms with van der Waals surface area (Å²) >= 11 is 0. The number of rotatable bonds is 3. The molecule has 0 N–H and O–H groups in total. The van der Waals surface area contributed by atoms with Gasteiger partial charge in [-0.05, 0) is 11.1 Å². The molecule has 1 aliphatic rings. The van der Waals surface area contributed by atoms with Crippen molar-refractivity contribution in [1.29, 1.82) is 0 Å². The number of benzene rings is 1. The van der Waals surface area contributed by atoms with Gasteiger partial charge in [0.25, 0.3) is 0 Å². The van der Waals surface area contributed by atoms with E-state index in [-0.39, 0.29) is 5.57 Å². The van der Waals surface area contributed by atoms with Crippen LogP contribution in [0.1, 0.15) is 11.1 Å².